The summed E-state index contributed by atoms with van der Waals surface area (Å²) in [7, 11) is 0. The molecule has 2 saturated carbocycles. The Kier molecular flexibility index (Phi) is 5.21. The Morgan fingerprint density at radius 2 is 1.60 bits per heavy atom. The summed E-state index contributed by atoms with van der Waals surface area (Å²) < 4.78 is 37.7. The maximum atomic E-state index is 12.6. The number of amides is 1. The van der Waals surface area contributed by atoms with Crippen molar-refractivity contribution in [1.82, 2.24) is 5.32 Å². The van der Waals surface area contributed by atoms with Crippen LogP contribution in [0.15, 0.2) is 0 Å². The molecule has 0 saturated heterocycles. The minimum absolute atomic E-state index is 0.0155. The van der Waals surface area contributed by atoms with Gasteiger partial charge in [-0.05, 0) is 38.5 Å². The Labute approximate surface area is 122 Å². The zero-order valence-electron chi connectivity index (χ0n) is 11.4. The zero-order chi connectivity index (χ0) is 14.8. The molecule has 2 atom stereocenters. The van der Waals surface area contributed by atoms with Crippen molar-refractivity contribution in [3.05, 3.63) is 0 Å². The standard InChI is InChI=1S/C14H21ClF3NO/c15-11-3-1-2-4-12(11)19-13(20)9-5-7-10(8-6-9)14(16,17)18/h9-12H,1-8H2,(H,19,20). The lowest BCUT2D eigenvalue weighted by Gasteiger charge is -2.32. The maximum Gasteiger partial charge on any atom is 0.391 e. The van der Waals surface area contributed by atoms with E-state index < -0.39 is 12.1 Å². The van der Waals surface area contributed by atoms with Crippen LogP contribution in [0, 0.1) is 11.8 Å². The van der Waals surface area contributed by atoms with E-state index in [0.717, 1.165) is 25.7 Å². The minimum atomic E-state index is -4.12. The van der Waals surface area contributed by atoms with Crippen molar-refractivity contribution in [3.8, 4) is 0 Å². The van der Waals surface area contributed by atoms with E-state index in [1.807, 2.05) is 0 Å². The van der Waals surface area contributed by atoms with Crippen molar-refractivity contribution in [3.63, 3.8) is 0 Å². The van der Waals surface area contributed by atoms with Gasteiger partial charge < -0.3 is 5.32 Å². The highest BCUT2D eigenvalue weighted by molar-refractivity contribution is 6.21. The molecule has 0 heterocycles. The molecule has 1 amide bonds. The summed E-state index contributed by atoms with van der Waals surface area (Å²) in [6, 6.07) is -0.0155. The lowest BCUT2D eigenvalue weighted by molar-refractivity contribution is -0.184. The molecule has 0 aromatic carbocycles. The van der Waals surface area contributed by atoms with E-state index in [1.165, 1.54) is 0 Å². The molecule has 2 fully saturated rings. The van der Waals surface area contributed by atoms with Crippen molar-refractivity contribution in [1.29, 1.82) is 0 Å². The van der Waals surface area contributed by atoms with Gasteiger partial charge in [0.1, 0.15) is 0 Å². The third kappa shape index (κ3) is 4.03. The summed E-state index contributed by atoms with van der Waals surface area (Å²) in [5.41, 5.74) is 0. The third-order valence-corrected chi connectivity index (χ3v) is 5.09. The largest absolute Gasteiger partial charge is 0.391 e. The van der Waals surface area contributed by atoms with E-state index >= 15 is 0 Å². The molecular weight excluding hydrogens is 291 g/mol. The topological polar surface area (TPSA) is 29.1 Å². The van der Waals surface area contributed by atoms with Gasteiger partial charge in [0.15, 0.2) is 0 Å². The summed E-state index contributed by atoms with van der Waals surface area (Å²) in [4.78, 5) is 12.1. The first kappa shape index (κ1) is 15.9. The lowest BCUT2D eigenvalue weighted by atomic mass is 9.81. The van der Waals surface area contributed by atoms with Crippen molar-refractivity contribution in [2.24, 2.45) is 11.8 Å². The summed E-state index contributed by atoms with van der Waals surface area (Å²) in [5, 5.41) is 2.90. The van der Waals surface area contributed by atoms with E-state index in [9.17, 15) is 18.0 Å². The van der Waals surface area contributed by atoms with Gasteiger partial charge in [-0.2, -0.15) is 13.2 Å². The van der Waals surface area contributed by atoms with Gasteiger partial charge in [0.05, 0.1) is 11.3 Å². The van der Waals surface area contributed by atoms with Crippen LogP contribution in [0.5, 0.6) is 0 Å². The SMILES string of the molecule is O=C(NC1CCCCC1Cl)C1CCC(C(F)(F)F)CC1. The molecule has 1 N–H and O–H groups in total. The average molecular weight is 312 g/mol. The number of carbonyl (C=O) groups excluding carboxylic acids is 1. The van der Waals surface area contributed by atoms with Crippen molar-refractivity contribution in [2.45, 2.75) is 69.0 Å². The molecule has 20 heavy (non-hydrogen) atoms. The zero-order valence-corrected chi connectivity index (χ0v) is 12.1. The number of nitrogens with one attached hydrogen (secondary N) is 1. The normalized spacial score (nSPS) is 35.6. The molecule has 0 aliphatic heterocycles. The van der Waals surface area contributed by atoms with Gasteiger partial charge in [0, 0.05) is 12.0 Å². The van der Waals surface area contributed by atoms with Crippen LogP contribution in [0.2, 0.25) is 0 Å². The number of hydrogen-bond acceptors (Lipinski definition) is 1. The molecule has 0 bridgehead atoms. The van der Waals surface area contributed by atoms with Gasteiger partial charge in [-0.25, -0.2) is 0 Å². The van der Waals surface area contributed by atoms with Gasteiger partial charge in [-0.15, -0.1) is 11.6 Å². The molecule has 116 valence electrons. The summed E-state index contributed by atoms with van der Waals surface area (Å²) in [6.45, 7) is 0. The van der Waals surface area contributed by atoms with E-state index in [-0.39, 0.29) is 36.1 Å². The second-order valence-electron chi connectivity index (χ2n) is 6.01. The predicted octanol–water partition coefficient (Wildman–Crippen LogP) is 4.02. The van der Waals surface area contributed by atoms with Crippen LogP contribution in [0.4, 0.5) is 13.2 Å². The molecule has 2 nitrogen and oxygen atoms in total. The second kappa shape index (κ2) is 6.54. The van der Waals surface area contributed by atoms with Gasteiger partial charge in [0.25, 0.3) is 0 Å². The molecule has 0 radical (unpaired) electrons. The summed E-state index contributed by atoms with van der Waals surface area (Å²) in [5.74, 6) is -1.62. The molecule has 2 rings (SSSR count). The van der Waals surface area contributed by atoms with Gasteiger partial charge in [-0.3, -0.25) is 4.79 Å². The molecule has 0 aromatic heterocycles. The van der Waals surface area contributed by atoms with Crippen LogP contribution in [-0.4, -0.2) is 23.5 Å². The fourth-order valence-electron chi connectivity index (χ4n) is 3.23. The molecule has 2 aliphatic rings. The number of carbonyl (C=O) groups is 1. The van der Waals surface area contributed by atoms with Crippen molar-refractivity contribution >= 4 is 17.5 Å². The Hall–Kier alpha value is -0.450. The molecule has 0 aromatic rings. The Morgan fingerprint density at radius 3 is 2.15 bits per heavy atom. The predicted molar refractivity (Wildman–Crippen MR) is 71.5 cm³/mol. The third-order valence-electron chi connectivity index (χ3n) is 4.57. The Balaban J connectivity index is 1.80. The quantitative estimate of drug-likeness (QED) is 0.767. The van der Waals surface area contributed by atoms with Crippen molar-refractivity contribution in [2.75, 3.05) is 0 Å². The van der Waals surface area contributed by atoms with E-state index in [2.05, 4.69) is 5.32 Å². The monoisotopic (exact) mass is 311 g/mol. The van der Waals surface area contributed by atoms with Crippen LogP contribution in [0.1, 0.15) is 51.4 Å². The first-order valence-electron chi connectivity index (χ1n) is 7.39. The second-order valence-corrected chi connectivity index (χ2v) is 6.57. The lowest BCUT2D eigenvalue weighted by Crippen LogP contribution is -2.46. The van der Waals surface area contributed by atoms with Crippen LogP contribution in [0.25, 0.3) is 0 Å². The Morgan fingerprint density at radius 1 is 1.00 bits per heavy atom. The molecular formula is C14H21ClF3NO. The molecule has 2 unspecified atom stereocenters. The maximum absolute atomic E-state index is 12.6. The average Bonchev–Trinajstić information content (AvgIpc) is 2.40. The van der Waals surface area contributed by atoms with Crippen LogP contribution >= 0.6 is 11.6 Å². The Bertz CT molecular complexity index is 340. The van der Waals surface area contributed by atoms with E-state index in [0.29, 0.717) is 12.8 Å². The van der Waals surface area contributed by atoms with Crippen LogP contribution in [-0.2, 0) is 4.79 Å². The highest BCUT2D eigenvalue weighted by Crippen LogP contribution is 2.39. The summed E-state index contributed by atoms with van der Waals surface area (Å²) in [6.07, 6.45) is 0.571. The highest BCUT2D eigenvalue weighted by Gasteiger charge is 2.42. The van der Waals surface area contributed by atoms with Crippen LogP contribution in [0.3, 0.4) is 0 Å². The number of halogens is 4. The first-order valence-corrected chi connectivity index (χ1v) is 7.82. The van der Waals surface area contributed by atoms with E-state index in [4.69, 9.17) is 11.6 Å². The number of alkyl halides is 4. The van der Waals surface area contributed by atoms with Gasteiger partial charge in [0.2, 0.25) is 5.91 Å². The van der Waals surface area contributed by atoms with Crippen LogP contribution < -0.4 is 5.32 Å². The minimum Gasteiger partial charge on any atom is -0.352 e. The van der Waals surface area contributed by atoms with E-state index in [1.54, 1.807) is 0 Å². The highest BCUT2D eigenvalue weighted by atomic mass is 35.5. The molecule has 2 aliphatic carbocycles. The smallest absolute Gasteiger partial charge is 0.352 e. The van der Waals surface area contributed by atoms with Crippen molar-refractivity contribution < 1.29 is 18.0 Å². The van der Waals surface area contributed by atoms with Gasteiger partial charge >= 0.3 is 6.18 Å². The number of rotatable bonds is 2. The first-order chi connectivity index (χ1) is 9.38. The fraction of sp³-hybridized carbons (Fsp3) is 0.929. The molecule has 0 spiro atoms. The fourth-order valence-corrected chi connectivity index (χ4v) is 3.58. The summed E-state index contributed by atoms with van der Waals surface area (Å²) >= 11 is 6.19. The van der Waals surface area contributed by atoms with Gasteiger partial charge in [-0.1, -0.05) is 12.8 Å². The molecule has 6 heteroatoms. The number of hydrogen-bond donors (Lipinski definition) is 1.